The maximum Gasteiger partial charge on any atom is 0.131 e. The Labute approximate surface area is 177 Å². The van der Waals surface area contributed by atoms with Crippen molar-refractivity contribution in [2.45, 2.75) is 25.4 Å². The standard InChI is InChI=1S/C23H29ClFN3O/c1-29-22-8-7-18(23(25)15-22)16-26-9-3-6-21(17-26)28-12-10-27(11-13-28)20-5-2-4-19(24)14-20/h2,4-5,7-8,14-15,21H,3,6,9-13,16-17H2,1H3. The molecule has 2 saturated heterocycles. The zero-order valence-electron chi connectivity index (χ0n) is 17.0. The van der Waals surface area contributed by atoms with E-state index < -0.39 is 0 Å². The average Bonchev–Trinajstić information content (AvgIpc) is 2.75. The van der Waals surface area contributed by atoms with E-state index in [0.717, 1.165) is 56.3 Å². The van der Waals surface area contributed by atoms with Gasteiger partial charge in [0.05, 0.1) is 7.11 Å². The molecule has 0 radical (unpaired) electrons. The molecular weight excluding hydrogens is 389 g/mol. The van der Waals surface area contributed by atoms with Gasteiger partial charge in [-0.2, -0.15) is 0 Å². The van der Waals surface area contributed by atoms with Gasteiger partial charge >= 0.3 is 0 Å². The molecule has 4 rings (SSSR count). The minimum Gasteiger partial charge on any atom is -0.497 e. The number of hydrogen-bond acceptors (Lipinski definition) is 4. The lowest BCUT2D eigenvalue weighted by Gasteiger charge is -2.44. The van der Waals surface area contributed by atoms with Gasteiger partial charge in [-0.25, -0.2) is 4.39 Å². The van der Waals surface area contributed by atoms with E-state index in [2.05, 4.69) is 20.8 Å². The highest BCUT2D eigenvalue weighted by molar-refractivity contribution is 6.30. The van der Waals surface area contributed by atoms with Gasteiger partial charge in [-0.3, -0.25) is 9.80 Å². The first kappa shape index (κ1) is 20.5. The van der Waals surface area contributed by atoms with E-state index >= 15 is 0 Å². The summed E-state index contributed by atoms with van der Waals surface area (Å²) in [5.41, 5.74) is 1.95. The van der Waals surface area contributed by atoms with E-state index in [1.54, 1.807) is 7.11 Å². The van der Waals surface area contributed by atoms with Gasteiger partial charge in [0.15, 0.2) is 0 Å². The van der Waals surface area contributed by atoms with Gasteiger partial charge in [0.25, 0.3) is 0 Å². The zero-order valence-corrected chi connectivity index (χ0v) is 17.7. The third kappa shape index (κ3) is 5.03. The van der Waals surface area contributed by atoms with Gasteiger partial charge < -0.3 is 9.64 Å². The van der Waals surface area contributed by atoms with Crippen LogP contribution in [0.15, 0.2) is 42.5 Å². The molecule has 0 aromatic heterocycles. The Morgan fingerprint density at radius 2 is 1.90 bits per heavy atom. The van der Waals surface area contributed by atoms with E-state index in [0.29, 0.717) is 18.3 Å². The minimum absolute atomic E-state index is 0.179. The maximum absolute atomic E-state index is 14.3. The van der Waals surface area contributed by atoms with E-state index in [1.807, 2.05) is 30.3 Å². The van der Waals surface area contributed by atoms with Crippen LogP contribution >= 0.6 is 11.6 Å². The largest absolute Gasteiger partial charge is 0.497 e. The highest BCUT2D eigenvalue weighted by Gasteiger charge is 2.28. The quantitative estimate of drug-likeness (QED) is 0.722. The molecule has 2 aliphatic rings. The molecule has 2 aliphatic heterocycles. The lowest BCUT2D eigenvalue weighted by Crippen LogP contribution is -2.55. The number of ether oxygens (including phenoxy) is 1. The maximum atomic E-state index is 14.3. The normalized spacial score (nSPS) is 21.3. The van der Waals surface area contributed by atoms with E-state index in [9.17, 15) is 4.39 Å². The van der Waals surface area contributed by atoms with Gasteiger partial charge in [0, 0.05) is 67.7 Å². The Bertz CT molecular complexity index is 826. The first-order valence-corrected chi connectivity index (χ1v) is 10.8. The predicted molar refractivity (Wildman–Crippen MR) is 116 cm³/mol. The minimum atomic E-state index is -0.179. The van der Waals surface area contributed by atoms with E-state index in [1.165, 1.54) is 18.2 Å². The third-order valence-electron chi connectivity index (χ3n) is 6.14. The van der Waals surface area contributed by atoms with Crippen LogP contribution in [0, 0.1) is 5.82 Å². The average molecular weight is 418 g/mol. The highest BCUT2D eigenvalue weighted by atomic mass is 35.5. The van der Waals surface area contributed by atoms with Crippen LogP contribution in [-0.2, 0) is 6.54 Å². The molecule has 0 bridgehead atoms. The molecule has 0 N–H and O–H groups in total. The van der Waals surface area contributed by atoms with Crippen LogP contribution in [0.25, 0.3) is 0 Å². The SMILES string of the molecule is COc1ccc(CN2CCCC(N3CCN(c4cccc(Cl)c4)CC3)C2)c(F)c1. The van der Waals surface area contributed by atoms with Gasteiger partial charge in [-0.05, 0) is 43.7 Å². The summed E-state index contributed by atoms with van der Waals surface area (Å²) in [5.74, 6) is 0.391. The summed E-state index contributed by atoms with van der Waals surface area (Å²) in [5, 5.41) is 0.790. The summed E-state index contributed by atoms with van der Waals surface area (Å²) in [7, 11) is 1.57. The molecule has 0 aliphatic carbocycles. The van der Waals surface area contributed by atoms with Crippen LogP contribution in [0.3, 0.4) is 0 Å². The molecule has 0 amide bonds. The number of hydrogen-bond donors (Lipinski definition) is 0. The number of piperazine rings is 1. The highest BCUT2D eigenvalue weighted by Crippen LogP contribution is 2.25. The molecule has 6 heteroatoms. The molecule has 1 unspecified atom stereocenters. The molecule has 4 nitrogen and oxygen atoms in total. The fraction of sp³-hybridized carbons (Fsp3) is 0.478. The molecule has 0 spiro atoms. The fourth-order valence-corrected chi connectivity index (χ4v) is 4.70. The number of methoxy groups -OCH3 is 1. The van der Waals surface area contributed by atoms with Gasteiger partial charge in [0.1, 0.15) is 11.6 Å². The summed E-state index contributed by atoms with van der Waals surface area (Å²) in [6.45, 7) is 6.85. The summed E-state index contributed by atoms with van der Waals surface area (Å²) in [4.78, 5) is 7.41. The Balaban J connectivity index is 1.32. The molecule has 0 saturated carbocycles. The lowest BCUT2D eigenvalue weighted by molar-refractivity contribution is 0.0881. The topological polar surface area (TPSA) is 19.0 Å². The van der Waals surface area contributed by atoms with Crippen molar-refractivity contribution in [1.82, 2.24) is 9.80 Å². The van der Waals surface area contributed by atoms with Gasteiger partial charge in [-0.15, -0.1) is 0 Å². The summed E-state index contributed by atoms with van der Waals surface area (Å²) < 4.78 is 19.5. The fourth-order valence-electron chi connectivity index (χ4n) is 4.52. The molecule has 29 heavy (non-hydrogen) atoms. The molecule has 2 fully saturated rings. The summed E-state index contributed by atoms with van der Waals surface area (Å²) in [6.07, 6.45) is 2.38. The second-order valence-electron chi connectivity index (χ2n) is 7.99. The molecular formula is C23H29ClFN3O. The molecule has 2 aromatic rings. The second-order valence-corrected chi connectivity index (χ2v) is 8.43. The van der Waals surface area contributed by atoms with Crippen LogP contribution in [0.1, 0.15) is 18.4 Å². The number of likely N-dealkylation sites (tertiary alicyclic amines) is 1. The van der Waals surface area contributed by atoms with Crippen molar-refractivity contribution < 1.29 is 9.13 Å². The molecule has 156 valence electrons. The molecule has 2 heterocycles. The molecule has 2 aromatic carbocycles. The van der Waals surface area contributed by atoms with Crippen LogP contribution < -0.4 is 9.64 Å². The van der Waals surface area contributed by atoms with Crippen LogP contribution in [-0.4, -0.2) is 62.2 Å². The van der Waals surface area contributed by atoms with Crippen molar-refractivity contribution in [3.63, 3.8) is 0 Å². The van der Waals surface area contributed by atoms with Crippen molar-refractivity contribution in [3.8, 4) is 5.75 Å². The van der Waals surface area contributed by atoms with Crippen molar-refractivity contribution in [3.05, 3.63) is 58.9 Å². The summed E-state index contributed by atoms with van der Waals surface area (Å²) >= 11 is 6.15. The Hall–Kier alpha value is -1.82. The number of anilines is 1. The van der Waals surface area contributed by atoms with Crippen molar-refractivity contribution in [2.24, 2.45) is 0 Å². The molecule has 1 atom stereocenters. The third-order valence-corrected chi connectivity index (χ3v) is 6.37. The monoisotopic (exact) mass is 417 g/mol. The smallest absolute Gasteiger partial charge is 0.131 e. The Kier molecular flexibility index (Phi) is 6.58. The first-order chi connectivity index (χ1) is 14.1. The van der Waals surface area contributed by atoms with Gasteiger partial charge in [0.2, 0.25) is 0 Å². The van der Waals surface area contributed by atoms with Crippen LogP contribution in [0.4, 0.5) is 10.1 Å². The van der Waals surface area contributed by atoms with Crippen LogP contribution in [0.5, 0.6) is 5.75 Å². The van der Waals surface area contributed by atoms with E-state index in [-0.39, 0.29) is 5.82 Å². The number of piperidine rings is 1. The van der Waals surface area contributed by atoms with Crippen molar-refractivity contribution in [1.29, 1.82) is 0 Å². The van der Waals surface area contributed by atoms with Crippen LogP contribution in [0.2, 0.25) is 5.02 Å². The Morgan fingerprint density at radius 3 is 2.62 bits per heavy atom. The van der Waals surface area contributed by atoms with E-state index in [4.69, 9.17) is 16.3 Å². The van der Waals surface area contributed by atoms with Crippen molar-refractivity contribution in [2.75, 3.05) is 51.3 Å². The number of nitrogens with zero attached hydrogens (tertiary/aromatic N) is 3. The zero-order chi connectivity index (χ0) is 20.2. The predicted octanol–water partition coefficient (Wildman–Crippen LogP) is 4.27. The first-order valence-electron chi connectivity index (χ1n) is 10.4. The number of halogens is 2. The number of benzene rings is 2. The van der Waals surface area contributed by atoms with Gasteiger partial charge in [-0.1, -0.05) is 23.7 Å². The Morgan fingerprint density at radius 1 is 1.07 bits per heavy atom. The summed E-state index contributed by atoms with van der Waals surface area (Å²) in [6, 6.07) is 13.8. The number of rotatable bonds is 5. The lowest BCUT2D eigenvalue weighted by atomic mass is 10.0. The van der Waals surface area contributed by atoms with Crippen molar-refractivity contribution >= 4 is 17.3 Å². The second kappa shape index (κ2) is 9.33.